The quantitative estimate of drug-likeness (QED) is 0.807. The highest BCUT2D eigenvalue weighted by Crippen LogP contribution is 2.42. The van der Waals surface area contributed by atoms with Crippen molar-refractivity contribution < 1.29 is 9.26 Å². The summed E-state index contributed by atoms with van der Waals surface area (Å²) in [7, 11) is 3.68. The van der Waals surface area contributed by atoms with Crippen LogP contribution in [0.2, 0.25) is 0 Å². The molecule has 1 N–H and O–H groups in total. The van der Waals surface area contributed by atoms with E-state index in [1.807, 2.05) is 7.05 Å². The first-order chi connectivity index (χ1) is 8.71. The molecule has 5 heteroatoms. The van der Waals surface area contributed by atoms with Crippen LogP contribution in [-0.2, 0) is 4.74 Å². The SMILES string of the molecule is CCC(NC)C(C)c1nc(C(OC)C2CC2)no1. The number of likely N-dealkylation sites (N-methyl/N-ethyl adjacent to an activating group) is 1. The van der Waals surface area contributed by atoms with E-state index < -0.39 is 0 Å². The van der Waals surface area contributed by atoms with Crippen LogP contribution in [-0.4, -0.2) is 30.3 Å². The Morgan fingerprint density at radius 3 is 2.72 bits per heavy atom. The molecule has 3 atom stereocenters. The molecule has 1 heterocycles. The van der Waals surface area contributed by atoms with Crippen LogP contribution in [0.25, 0.3) is 0 Å². The van der Waals surface area contributed by atoms with Crippen molar-refractivity contribution in [3.05, 3.63) is 11.7 Å². The summed E-state index contributed by atoms with van der Waals surface area (Å²) >= 11 is 0. The second-order valence-corrected chi connectivity index (χ2v) is 5.08. The van der Waals surface area contributed by atoms with Crippen LogP contribution in [0.15, 0.2) is 4.52 Å². The van der Waals surface area contributed by atoms with E-state index in [0.29, 0.717) is 23.7 Å². The standard InChI is InChI=1S/C13H23N3O2/c1-5-10(14-3)8(2)13-15-12(16-18-13)11(17-4)9-6-7-9/h8-11,14H,5-7H2,1-4H3. The summed E-state index contributed by atoms with van der Waals surface area (Å²) in [5.41, 5.74) is 0. The molecule has 1 aliphatic carbocycles. The van der Waals surface area contributed by atoms with Gasteiger partial charge in [-0.3, -0.25) is 0 Å². The van der Waals surface area contributed by atoms with Gasteiger partial charge in [0.2, 0.25) is 11.7 Å². The molecule has 18 heavy (non-hydrogen) atoms. The zero-order chi connectivity index (χ0) is 13.1. The minimum Gasteiger partial charge on any atom is -0.373 e. The number of nitrogens with zero attached hydrogens (tertiary/aromatic N) is 2. The number of methoxy groups -OCH3 is 1. The van der Waals surface area contributed by atoms with Crippen molar-refractivity contribution in [2.45, 2.75) is 51.2 Å². The zero-order valence-electron chi connectivity index (χ0n) is 11.6. The van der Waals surface area contributed by atoms with E-state index in [2.05, 4.69) is 29.3 Å². The summed E-state index contributed by atoms with van der Waals surface area (Å²) in [6, 6.07) is 0.361. The number of rotatable bonds is 7. The Balaban J connectivity index is 2.08. The van der Waals surface area contributed by atoms with E-state index in [9.17, 15) is 0 Å². The highest BCUT2D eigenvalue weighted by atomic mass is 16.5. The van der Waals surface area contributed by atoms with Crippen LogP contribution in [0.4, 0.5) is 0 Å². The largest absolute Gasteiger partial charge is 0.373 e. The Hall–Kier alpha value is -0.940. The maximum atomic E-state index is 5.47. The number of ether oxygens (including phenoxy) is 1. The van der Waals surface area contributed by atoms with Crippen LogP contribution in [0.3, 0.4) is 0 Å². The number of aromatic nitrogens is 2. The minimum atomic E-state index is 0.00404. The number of nitrogens with one attached hydrogen (secondary N) is 1. The Bertz CT molecular complexity index is 372. The maximum absolute atomic E-state index is 5.47. The van der Waals surface area contributed by atoms with Gasteiger partial charge in [0, 0.05) is 13.2 Å². The van der Waals surface area contributed by atoms with Gasteiger partial charge in [0.15, 0.2) is 0 Å². The molecular formula is C13H23N3O2. The molecule has 1 aromatic heterocycles. The summed E-state index contributed by atoms with van der Waals surface area (Å²) in [6.07, 6.45) is 3.44. The molecule has 1 aromatic rings. The van der Waals surface area contributed by atoms with Crippen LogP contribution >= 0.6 is 0 Å². The summed E-state index contributed by atoms with van der Waals surface area (Å²) in [6.45, 7) is 4.26. The third-order valence-corrected chi connectivity index (χ3v) is 3.82. The lowest BCUT2D eigenvalue weighted by Crippen LogP contribution is -2.30. The van der Waals surface area contributed by atoms with Crippen LogP contribution in [0.1, 0.15) is 56.8 Å². The molecular weight excluding hydrogens is 230 g/mol. The van der Waals surface area contributed by atoms with Crippen molar-refractivity contribution in [2.24, 2.45) is 5.92 Å². The van der Waals surface area contributed by atoms with E-state index >= 15 is 0 Å². The Morgan fingerprint density at radius 2 is 2.22 bits per heavy atom. The molecule has 0 aromatic carbocycles. The zero-order valence-corrected chi connectivity index (χ0v) is 11.6. The highest BCUT2D eigenvalue weighted by molar-refractivity contribution is 5.02. The summed E-state index contributed by atoms with van der Waals surface area (Å²) < 4.78 is 10.9. The fraction of sp³-hybridized carbons (Fsp3) is 0.846. The first-order valence-corrected chi connectivity index (χ1v) is 6.74. The van der Waals surface area contributed by atoms with Crippen LogP contribution in [0.5, 0.6) is 0 Å². The highest BCUT2D eigenvalue weighted by Gasteiger charge is 2.36. The molecule has 1 fully saturated rings. The van der Waals surface area contributed by atoms with Gasteiger partial charge in [-0.05, 0) is 32.2 Å². The van der Waals surface area contributed by atoms with Crippen LogP contribution in [0, 0.1) is 5.92 Å². The van der Waals surface area contributed by atoms with Gasteiger partial charge in [0.1, 0.15) is 6.10 Å². The minimum absolute atomic E-state index is 0.00404. The Kier molecular flexibility index (Phi) is 4.35. The normalized spacial score (nSPS) is 20.7. The van der Waals surface area contributed by atoms with Gasteiger partial charge in [-0.2, -0.15) is 4.98 Å². The molecule has 102 valence electrons. The third kappa shape index (κ3) is 2.72. The molecule has 3 unspecified atom stereocenters. The van der Waals surface area contributed by atoms with E-state index in [0.717, 1.165) is 6.42 Å². The van der Waals surface area contributed by atoms with Gasteiger partial charge in [0.05, 0.1) is 5.92 Å². The first-order valence-electron chi connectivity index (χ1n) is 6.74. The molecule has 5 nitrogen and oxygen atoms in total. The molecule has 1 saturated carbocycles. The lowest BCUT2D eigenvalue weighted by Gasteiger charge is -2.18. The van der Waals surface area contributed by atoms with E-state index in [4.69, 9.17) is 9.26 Å². The molecule has 0 bridgehead atoms. The summed E-state index contributed by atoms with van der Waals surface area (Å²) in [5, 5.41) is 7.36. The van der Waals surface area contributed by atoms with Crippen molar-refractivity contribution in [1.29, 1.82) is 0 Å². The second kappa shape index (κ2) is 5.80. The summed E-state index contributed by atoms with van der Waals surface area (Å²) in [5.74, 6) is 2.20. The van der Waals surface area contributed by atoms with Crippen LogP contribution < -0.4 is 5.32 Å². The van der Waals surface area contributed by atoms with Gasteiger partial charge in [-0.1, -0.05) is 19.0 Å². The number of hydrogen-bond acceptors (Lipinski definition) is 5. The van der Waals surface area contributed by atoms with Crippen molar-refractivity contribution >= 4 is 0 Å². The fourth-order valence-corrected chi connectivity index (χ4v) is 2.44. The molecule has 0 saturated heterocycles. The fourth-order valence-electron chi connectivity index (χ4n) is 2.44. The maximum Gasteiger partial charge on any atom is 0.231 e. The molecule has 2 rings (SSSR count). The lowest BCUT2D eigenvalue weighted by molar-refractivity contribution is 0.0751. The van der Waals surface area contributed by atoms with Gasteiger partial charge in [-0.25, -0.2) is 0 Å². The monoisotopic (exact) mass is 253 g/mol. The molecule has 0 radical (unpaired) electrons. The van der Waals surface area contributed by atoms with Crippen molar-refractivity contribution in [1.82, 2.24) is 15.5 Å². The molecule has 0 aliphatic heterocycles. The van der Waals surface area contributed by atoms with Gasteiger partial charge < -0.3 is 14.6 Å². The topological polar surface area (TPSA) is 60.2 Å². The Labute approximate surface area is 108 Å². The number of hydrogen-bond donors (Lipinski definition) is 1. The predicted molar refractivity (Wildman–Crippen MR) is 68.3 cm³/mol. The molecule has 0 amide bonds. The third-order valence-electron chi connectivity index (χ3n) is 3.82. The van der Waals surface area contributed by atoms with E-state index in [1.165, 1.54) is 12.8 Å². The smallest absolute Gasteiger partial charge is 0.231 e. The van der Waals surface area contributed by atoms with Gasteiger partial charge >= 0.3 is 0 Å². The van der Waals surface area contributed by atoms with Crippen molar-refractivity contribution in [3.8, 4) is 0 Å². The Morgan fingerprint density at radius 1 is 1.50 bits per heavy atom. The van der Waals surface area contributed by atoms with E-state index in [1.54, 1.807) is 7.11 Å². The molecule has 0 spiro atoms. The predicted octanol–water partition coefficient (Wildman–Crippen LogP) is 2.27. The average Bonchev–Trinajstić information content (AvgIpc) is 3.09. The first kappa shape index (κ1) is 13.5. The van der Waals surface area contributed by atoms with Crippen molar-refractivity contribution in [2.75, 3.05) is 14.2 Å². The van der Waals surface area contributed by atoms with E-state index in [-0.39, 0.29) is 12.0 Å². The molecule has 1 aliphatic rings. The van der Waals surface area contributed by atoms with Gasteiger partial charge in [0.25, 0.3) is 0 Å². The van der Waals surface area contributed by atoms with Gasteiger partial charge in [-0.15, -0.1) is 0 Å². The summed E-state index contributed by atoms with van der Waals surface area (Å²) in [4.78, 5) is 4.52. The second-order valence-electron chi connectivity index (χ2n) is 5.08. The lowest BCUT2D eigenvalue weighted by atomic mass is 10.00. The average molecular weight is 253 g/mol. The van der Waals surface area contributed by atoms with Crippen molar-refractivity contribution in [3.63, 3.8) is 0 Å².